The number of aryl methyl sites for hydroxylation is 1. The molecule has 1 aliphatic rings. The number of fused-ring (bicyclic) bond motifs is 1. The molecule has 0 spiro atoms. The second kappa shape index (κ2) is 9.55. The maximum absolute atomic E-state index is 13.2. The van der Waals surface area contributed by atoms with Gasteiger partial charge >= 0.3 is 5.97 Å². The van der Waals surface area contributed by atoms with Crippen LogP contribution in [0.4, 0.5) is 0 Å². The van der Waals surface area contributed by atoms with Gasteiger partial charge in [-0.25, -0.2) is 4.79 Å². The number of nitrogens with zero attached hydrogens (tertiary/aromatic N) is 2. The summed E-state index contributed by atoms with van der Waals surface area (Å²) in [5, 5.41) is 13.7. The van der Waals surface area contributed by atoms with Crippen molar-refractivity contribution < 1.29 is 19.4 Å². The van der Waals surface area contributed by atoms with Crippen LogP contribution in [0.15, 0.2) is 89.8 Å². The quantitative estimate of drug-likeness (QED) is 0.261. The molecule has 0 saturated heterocycles. The van der Waals surface area contributed by atoms with Gasteiger partial charge in [-0.2, -0.15) is 8.75 Å². The van der Waals surface area contributed by atoms with Crippen LogP contribution in [-0.2, 0) is 28.3 Å². The first-order valence-electron chi connectivity index (χ1n) is 11.7. The summed E-state index contributed by atoms with van der Waals surface area (Å²) in [6, 6.07) is 25.0. The number of ether oxygens (including phenoxy) is 2. The highest BCUT2D eigenvalue weighted by atomic mass is 32.1. The van der Waals surface area contributed by atoms with Gasteiger partial charge < -0.3 is 14.6 Å². The van der Waals surface area contributed by atoms with Crippen molar-refractivity contribution in [3.63, 3.8) is 0 Å². The number of benzene rings is 3. The molecule has 3 heterocycles. The fourth-order valence-electron chi connectivity index (χ4n) is 4.43. The van der Waals surface area contributed by atoms with Crippen molar-refractivity contribution in [1.82, 2.24) is 8.75 Å². The fourth-order valence-corrected chi connectivity index (χ4v) is 5.91. The Morgan fingerprint density at radius 3 is 2.49 bits per heavy atom. The van der Waals surface area contributed by atoms with E-state index in [4.69, 9.17) is 9.47 Å². The van der Waals surface area contributed by atoms with E-state index < -0.39 is 11.8 Å². The lowest BCUT2D eigenvalue weighted by Crippen LogP contribution is -2.28. The molecule has 6 nitrogen and oxygen atoms in total. The van der Waals surface area contributed by atoms with E-state index in [1.807, 2.05) is 91.2 Å². The Kier molecular flexibility index (Phi) is 6.08. The number of carbonyl (C=O) groups is 1. The second-order valence-electron chi connectivity index (χ2n) is 8.94. The number of cyclic esters (lactones) is 1. The first-order valence-corrected chi connectivity index (χ1v) is 13.3. The molecule has 0 amide bonds. The van der Waals surface area contributed by atoms with Crippen molar-refractivity contribution in [2.75, 3.05) is 0 Å². The van der Waals surface area contributed by atoms with Crippen molar-refractivity contribution in [3.05, 3.63) is 117 Å². The summed E-state index contributed by atoms with van der Waals surface area (Å²) >= 11 is 2.49. The topological polar surface area (TPSA) is 81.5 Å². The third kappa shape index (κ3) is 4.55. The minimum atomic E-state index is -1.84. The molecule has 2 aromatic heterocycles. The standard InChI is InChI=1S/C29H22N2O4S2/c1-18-13-26(36-17-18)29(33)23(27(28(32)35-29)21-9-12-24-25(15-21)31-37-30-24)14-19-7-10-22(11-8-19)34-16-20-5-3-2-4-6-20/h2-13,15,17,33H,14,16H2,1H3. The maximum atomic E-state index is 13.2. The van der Waals surface area contributed by atoms with E-state index in [0.717, 1.165) is 39.7 Å². The summed E-state index contributed by atoms with van der Waals surface area (Å²) in [5.74, 6) is -1.66. The lowest BCUT2D eigenvalue weighted by Gasteiger charge is -2.24. The van der Waals surface area contributed by atoms with E-state index in [-0.39, 0.29) is 0 Å². The van der Waals surface area contributed by atoms with Gasteiger partial charge in [0.1, 0.15) is 23.4 Å². The highest BCUT2D eigenvalue weighted by Gasteiger charge is 2.49. The van der Waals surface area contributed by atoms with E-state index in [1.165, 1.54) is 11.3 Å². The van der Waals surface area contributed by atoms with Crippen LogP contribution in [0.5, 0.6) is 5.75 Å². The predicted molar refractivity (Wildman–Crippen MR) is 144 cm³/mol. The molecule has 37 heavy (non-hydrogen) atoms. The lowest BCUT2D eigenvalue weighted by atomic mass is 9.90. The van der Waals surface area contributed by atoms with Crippen LogP contribution in [-0.4, -0.2) is 19.8 Å². The van der Waals surface area contributed by atoms with E-state index in [0.29, 0.717) is 40.1 Å². The zero-order valence-corrected chi connectivity index (χ0v) is 21.5. The number of thiophene rings is 1. The number of aromatic nitrogens is 2. The van der Waals surface area contributed by atoms with Crippen LogP contribution in [0, 0.1) is 6.92 Å². The molecule has 0 aliphatic carbocycles. The van der Waals surface area contributed by atoms with Crippen molar-refractivity contribution in [2.45, 2.75) is 25.7 Å². The number of esters is 1. The van der Waals surface area contributed by atoms with E-state index in [2.05, 4.69) is 8.75 Å². The molecule has 1 aliphatic heterocycles. The monoisotopic (exact) mass is 526 g/mol. The summed E-state index contributed by atoms with van der Waals surface area (Å²) in [7, 11) is 0. The molecule has 184 valence electrons. The summed E-state index contributed by atoms with van der Waals surface area (Å²) in [4.78, 5) is 13.8. The maximum Gasteiger partial charge on any atom is 0.342 e. The van der Waals surface area contributed by atoms with Crippen LogP contribution in [0.3, 0.4) is 0 Å². The number of carbonyl (C=O) groups excluding carboxylic acids is 1. The minimum absolute atomic E-state index is 0.320. The fraction of sp³-hybridized carbons (Fsp3) is 0.138. The van der Waals surface area contributed by atoms with Gasteiger partial charge in [0.25, 0.3) is 5.79 Å². The Morgan fingerprint density at radius 1 is 0.946 bits per heavy atom. The lowest BCUT2D eigenvalue weighted by molar-refractivity contribution is -0.184. The van der Waals surface area contributed by atoms with Crippen molar-refractivity contribution in [3.8, 4) is 5.75 Å². The number of rotatable bonds is 7. The first kappa shape index (κ1) is 23.5. The molecule has 1 N–H and O–H groups in total. The summed E-state index contributed by atoms with van der Waals surface area (Å²) in [6.07, 6.45) is 0.320. The average molecular weight is 527 g/mol. The summed E-state index contributed by atoms with van der Waals surface area (Å²) in [6.45, 7) is 2.42. The van der Waals surface area contributed by atoms with Gasteiger partial charge in [-0.3, -0.25) is 0 Å². The molecular formula is C29H22N2O4S2. The predicted octanol–water partition coefficient (Wildman–Crippen LogP) is 6.04. The van der Waals surface area contributed by atoms with Gasteiger partial charge in [-0.15, -0.1) is 11.3 Å². The smallest absolute Gasteiger partial charge is 0.342 e. The first-order chi connectivity index (χ1) is 18.0. The van der Waals surface area contributed by atoms with Crippen LogP contribution in [0.2, 0.25) is 0 Å². The molecule has 0 saturated carbocycles. The molecule has 1 unspecified atom stereocenters. The molecule has 8 heteroatoms. The van der Waals surface area contributed by atoms with Crippen molar-refractivity contribution in [2.24, 2.45) is 0 Å². The SMILES string of the molecule is Cc1csc(C2(O)OC(=O)C(c3ccc4nsnc4c3)=C2Cc2ccc(OCc3ccccc3)cc2)c1. The Morgan fingerprint density at radius 2 is 1.73 bits per heavy atom. The second-order valence-corrected chi connectivity index (χ2v) is 10.4. The average Bonchev–Trinajstić information content (AvgIpc) is 3.62. The summed E-state index contributed by atoms with van der Waals surface area (Å²) < 4.78 is 20.2. The van der Waals surface area contributed by atoms with Crippen LogP contribution in [0.1, 0.15) is 27.1 Å². The number of aliphatic hydroxyl groups is 1. The molecule has 1 atom stereocenters. The molecule has 0 radical (unpaired) electrons. The van der Waals surface area contributed by atoms with Crippen LogP contribution >= 0.6 is 23.1 Å². The zero-order chi connectivity index (χ0) is 25.4. The molecule has 0 bridgehead atoms. The van der Waals surface area contributed by atoms with E-state index in [1.54, 1.807) is 0 Å². The Balaban J connectivity index is 1.36. The van der Waals surface area contributed by atoms with Gasteiger partial charge in [-0.05, 0) is 64.9 Å². The van der Waals surface area contributed by atoms with Gasteiger partial charge in [0.05, 0.1) is 22.2 Å². The molecule has 0 fully saturated rings. The molecule has 5 aromatic rings. The van der Waals surface area contributed by atoms with Crippen molar-refractivity contribution >= 4 is 45.6 Å². The molecular weight excluding hydrogens is 504 g/mol. The van der Waals surface area contributed by atoms with Gasteiger partial charge in [0.2, 0.25) is 0 Å². The molecule has 3 aromatic carbocycles. The number of hydrogen-bond donors (Lipinski definition) is 1. The minimum Gasteiger partial charge on any atom is -0.489 e. The largest absolute Gasteiger partial charge is 0.489 e. The van der Waals surface area contributed by atoms with Gasteiger partial charge in [-0.1, -0.05) is 48.5 Å². The van der Waals surface area contributed by atoms with Gasteiger partial charge in [0, 0.05) is 12.0 Å². The third-order valence-corrected chi connectivity index (χ3v) is 8.01. The third-order valence-electron chi connectivity index (χ3n) is 6.31. The van der Waals surface area contributed by atoms with E-state index >= 15 is 0 Å². The Hall–Kier alpha value is -3.85. The Bertz CT molecular complexity index is 1620. The highest BCUT2D eigenvalue weighted by Crippen LogP contribution is 2.46. The normalized spacial score (nSPS) is 17.4. The number of hydrogen-bond acceptors (Lipinski definition) is 8. The molecule has 6 rings (SSSR count). The summed E-state index contributed by atoms with van der Waals surface area (Å²) in [5.41, 5.74) is 5.96. The zero-order valence-electron chi connectivity index (χ0n) is 19.9. The van der Waals surface area contributed by atoms with E-state index in [9.17, 15) is 9.90 Å². The Labute approximate surface area is 221 Å². The van der Waals surface area contributed by atoms with Crippen LogP contribution in [0.25, 0.3) is 16.6 Å². The highest BCUT2D eigenvalue weighted by molar-refractivity contribution is 7.10. The van der Waals surface area contributed by atoms with Gasteiger partial charge in [0.15, 0.2) is 0 Å². The van der Waals surface area contributed by atoms with Crippen LogP contribution < -0.4 is 4.74 Å². The van der Waals surface area contributed by atoms with Crippen molar-refractivity contribution in [1.29, 1.82) is 0 Å².